The van der Waals surface area contributed by atoms with Crippen LogP contribution in [0.3, 0.4) is 0 Å². The Balaban J connectivity index is 2.18. The number of ether oxygens (including phenoxy) is 1. The van der Waals surface area contributed by atoms with Gasteiger partial charge in [0.15, 0.2) is 0 Å². The van der Waals surface area contributed by atoms with Crippen LogP contribution in [0.2, 0.25) is 0 Å². The fourth-order valence-electron chi connectivity index (χ4n) is 1.73. The van der Waals surface area contributed by atoms with Crippen molar-refractivity contribution in [1.29, 1.82) is 0 Å². The normalized spacial score (nSPS) is 13.1. The van der Waals surface area contributed by atoms with Crippen molar-refractivity contribution in [3.63, 3.8) is 0 Å². The van der Waals surface area contributed by atoms with E-state index in [4.69, 9.17) is 4.74 Å². The van der Waals surface area contributed by atoms with Crippen LogP contribution in [0.15, 0.2) is 60.4 Å². The Morgan fingerprint density at radius 1 is 1.11 bits per heavy atom. The molecule has 2 aromatic carbocycles. The Morgan fingerprint density at radius 2 is 1.74 bits per heavy atom. The number of halogens is 1. The molecule has 0 aliphatic rings. The highest BCUT2D eigenvalue weighted by Gasteiger charge is 2.12. The van der Waals surface area contributed by atoms with Crippen LogP contribution in [0.25, 0.3) is 6.08 Å². The molecule has 1 atom stereocenters. The second-order valence-corrected chi connectivity index (χ2v) is 4.12. The van der Waals surface area contributed by atoms with Crippen LogP contribution in [-0.2, 0) is 0 Å². The maximum absolute atomic E-state index is 13.9. The van der Waals surface area contributed by atoms with E-state index < -0.39 is 11.9 Å². The number of hydrogen-bond donors (Lipinski definition) is 1. The molecule has 0 amide bonds. The molecule has 2 nitrogen and oxygen atoms in total. The van der Waals surface area contributed by atoms with E-state index in [0.717, 1.165) is 0 Å². The summed E-state index contributed by atoms with van der Waals surface area (Å²) in [6, 6.07) is 15.7. The molecule has 0 spiro atoms. The summed E-state index contributed by atoms with van der Waals surface area (Å²) in [4.78, 5) is 0. The van der Waals surface area contributed by atoms with Gasteiger partial charge in [0.05, 0.1) is 7.11 Å². The Bertz CT molecular complexity index is 547. The number of benzene rings is 2. The maximum atomic E-state index is 13.9. The molecule has 0 bridgehead atoms. The molecule has 0 aromatic heterocycles. The first-order valence-corrected chi connectivity index (χ1v) is 5.95. The Hall–Kier alpha value is -2.13. The summed E-state index contributed by atoms with van der Waals surface area (Å²) in [6.45, 7) is 0. The molecule has 0 aliphatic heterocycles. The van der Waals surface area contributed by atoms with Crippen molar-refractivity contribution in [2.45, 2.75) is 6.10 Å². The summed E-state index contributed by atoms with van der Waals surface area (Å²) < 4.78 is 19.0. The summed E-state index contributed by atoms with van der Waals surface area (Å²) in [5.74, 6) is 0.123. The quantitative estimate of drug-likeness (QED) is 0.905. The fraction of sp³-hybridized carbons (Fsp3) is 0.125. The van der Waals surface area contributed by atoms with Crippen LogP contribution in [0, 0.1) is 0 Å². The number of methoxy groups -OCH3 is 1. The maximum Gasteiger partial charge on any atom is 0.134 e. The van der Waals surface area contributed by atoms with Gasteiger partial charge < -0.3 is 9.84 Å². The van der Waals surface area contributed by atoms with Gasteiger partial charge >= 0.3 is 0 Å². The van der Waals surface area contributed by atoms with Crippen molar-refractivity contribution < 1.29 is 14.2 Å². The number of aliphatic hydroxyl groups is 1. The van der Waals surface area contributed by atoms with E-state index in [2.05, 4.69) is 0 Å². The number of hydrogen-bond acceptors (Lipinski definition) is 2. The molecule has 1 N–H and O–H groups in total. The predicted molar refractivity (Wildman–Crippen MR) is 73.5 cm³/mol. The molecule has 0 aliphatic carbocycles. The van der Waals surface area contributed by atoms with E-state index in [9.17, 15) is 9.50 Å². The largest absolute Gasteiger partial charge is 0.497 e. The SMILES string of the molecule is COc1ccc(/C=C(\F)C(O)c2ccccc2)cc1. The highest BCUT2D eigenvalue weighted by Crippen LogP contribution is 2.24. The highest BCUT2D eigenvalue weighted by molar-refractivity contribution is 5.53. The van der Waals surface area contributed by atoms with Crippen LogP contribution < -0.4 is 4.74 Å². The summed E-state index contributed by atoms with van der Waals surface area (Å²) >= 11 is 0. The third-order valence-corrected chi connectivity index (χ3v) is 2.80. The monoisotopic (exact) mass is 258 g/mol. The number of aliphatic hydroxyl groups excluding tert-OH is 1. The molecule has 2 aromatic rings. The van der Waals surface area contributed by atoms with Gasteiger partial charge in [-0.3, -0.25) is 0 Å². The Morgan fingerprint density at radius 3 is 2.32 bits per heavy atom. The minimum Gasteiger partial charge on any atom is -0.497 e. The standard InChI is InChI=1S/C16H15FO2/c1-19-14-9-7-12(8-10-14)11-15(17)16(18)13-5-3-2-4-6-13/h2-11,16,18H,1H3/b15-11-. The van der Waals surface area contributed by atoms with Crippen LogP contribution >= 0.6 is 0 Å². The molecule has 0 heterocycles. The van der Waals surface area contributed by atoms with Gasteiger partial charge in [0.1, 0.15) is 17.7 Å². The molecule has 2 rings (SSSR count). The first-order valence-electron chi connectivity index (χ1n) is 5.95. The van der Waals surface area contributed by atoms with Crippen LogP contribution in [0.1, 0.15) is 17.2 Å². The van der Waals surface area contributed by atoms with E-state index >= 15 is 0 Å². The lowest BCUT2D eigenvalue weighted by Gasteiger charge is -2.08. The van der Waals surface area contributed by atoms with Crippen molar-refractivity contribution in [2.24, 2.45) is 0 Å². The van der Waals surface area contributed by atoms with Crippen LogP contribution in [0.5, 0.6) is 5.75 Å². The van der Waals surface area contributed by atoms with Crippen molar-refractivity contribution >= 4 is 6.08 Å². The van der Waals surface area contributed by atoms with E-state index in [0.29, 0.717) is 16.9 Å². The van der Waals surface area contributed by atoms with E-state index in [1.54, 1.807) is 55.6 Å². The molecule has 0 saturated carbocycles. The van der Waals surface area contributed by atoms with Gasteiger partial charge in [-0.15, -0.1) is 0 Å². The molecule has 98 valence electrons. The molecular weight excluding hydrogens is 243 g/mol. The van der Waals surface area contributed by atoms with Gasteiger partial charge in [0.2, 0.25) is 0 Å². The second-order valence-electron chi connectivity index (χ2n) is 4.12. The average molecular weight is 258 g/mol. The molecule has 0 fully saturated rings. The lowest BCUT2D eigenvalue weighted by atomic mass is 10.1. The van der Waals surface area contributed by atoms with Crippen molar-refractivity contribution in [3.8, 4) is 5.75 Å². The summed E-state index contributed by atoms with van der Waals surface area (Å²) in [7, 11) is 1.57. The predicted octanol–water partition coefficient (Wildman–Crippen LogP) is 3.74. The summed E-state index contributed by atoms with van der Waals surface area (Å²) in [5.41, 5.74) is 1.21. The molecular formula is C16H15FO2. The lowest BCUT2D eigenvalue weighted by molar-refractivity contribution is 0.188. The Labute approximate surface area is 111 Å². The molecule has 19 heavy (non-hydrogen) atoms. The van der Waals surface area contributed by atoms with Crippen LogP contribution in [-0.4, -0.2) is 12.2 Å². The van der Waals surface area contributed by atoms with E-state index in [1.165, 1.54) is 6.08 Å². The van der Waals surface area contributed by atoms with E-state index in [1.807, 2.05) is 6.07 Å². The van der Waals surface area contributed by atoms with Gasteiger partial charge in [0, 0.05) is 0 Å². The summed E-state index contributed by atoms with van der Waals surface area (Å²) in [5, 5.41) is 9.88. The zero-order valence-electron chi connectivity index (χ0n) is 10.6. The topological polar surface area (TPSA) is 29.5 Å². The zero-order chi connectivity index (χ0) is 13.7. The van der Waals surface area contributed by atoms with Crippen LogP contribution in [0.4, 0.5) is 4.39 Å². The van der Waals surface area contributed by atoms with Crippen molar-refractivity contribution in [3.05, 3.63) is 71.6 Å². The first-order chi connectivity index (χ1) is 9.20. The second kappa shape index (κ2) is 6.16. The number of rotatable bonds is 4. The third-order valence-electron chi connectivity index (χ3n) is 2.80. The first kappa shape index (κ1) is 13.3. The molecule has 0 radical (unpaired) electrons. The van der Waals surface area contributed by atoms with Gasteiger partial charge in [-0.1, -0.05) is 42.5 Å². The Kier molecular flexibility index (Phi) is 4.31. The van der Waals surface area contributed by atoms with Crippen molar-refractivity contribution in [1.82, 2.24) is 0 Å². The van der Waals surface area contributed by atoms with Gasteiger partial charge in [-0.2, -0.15) is 0 Å². The molecule has 0 saturated heterocycles. The molecule has 1 unspecified atom stereocenters. The zero-order valence-corrected chi connectivity index (χ0v) is 10.6. The minimum atomic E-state index is -1.23. The van der Waals surface area contributed by atoms with Gasteiger partial charge in [-0.25, -0.2) is 4.39 Å². The highest BCUT2D eigenvalue weighted by atomic mass is 19.1. The average Bonchev–Trinajstić information content (AvgIpc) is 2.48. The molecule has 3 heteroatoms. The van der Waals surface area contributed by atoms with E-state index in [-0.39, 0.29) is 0 Å². The van der Waals surface area contributed by atoms with Crippen molar-refractivity contribution in [2.75, 3.05) is 7.11 Å². The third kappa shape index (κ3) is 3.42. The van der Waals surface area contributed by atoms with Gasteiger partial charge in [0.25, 0.3) is 0 Å². The lowest BCUT2D eigenvalue weighted by Crippen LogP contribution is -1.97. The smallest absolute Gasteiger partial charge is 0.134 e. The summed E-state index contributed by atoms with van der Waals surface area (Å²) in [6.07, 6.45) is 0.0835. The van der Waals surface area contributed by atoms with Gasteiger partial charge in [-0.05, 0) is 29.3 Å². The minimum absolute atomic E-state index is 0.532. The fourth-order valence-corrected chi connectivity index (χ4v) is 1.73.